The number of carboxylic acid groups (broad SMARTS) is 1. The van der Waals surface area contributed by atoms with Gasteiger partial charge in [-0.05, 0) is 37.2 Å². The molecule has 21 heavy (non-hydrogen) atoms. The first-order valence-electron chi connectivity index (χ1n) is 7.77. The maximum atomic E-state index is 11.6. The third-order valence-electron chi connectivity index (χ3n) is 4.76. The minimum Gasteiger partial charge on any atom is -0.476 e. The van der Waals surface area contributed by atoms with Crippen molar-refractivity contribution in [1.82, 2.24) is 9.97 Å². The van der Waals surface area contributed by atoms with E-state index in [-0.39, 0.29) is 5.69 Å². The van der Waals surface area contributed by atoms with E-state index in [0.29, 0.717) is 5.92 Å². The van der Waals surface area contributed by atoms with Gasteiger partial charge in [0.25, 0.3) is 0 Å². The second-order valence-electron chi connectivity index (χ2n) is 6.19. The van der Waals surface area contributed by atoms with Gasteiger partial charge < -0.3 is 5.11 Å². The smallest absolute Gasteiger partial charge is 0.355 e. The molecule has 2 aliphatic rings. The molecule has 110 valence electrons. The normalized spacial score (nSPS) is 18.5. The van der Waals surface area contributed by atoms with E-state index in [1.165, 1.54) is 36.1 Å². The first-order valence-corrected chi connectivity index (χ1v) is 8.58. The molecule has 2 aliphatic carbocycles. The maximum Gasteiger partial charge on any atom is 0.355 e. The van der Waals surface area contributed by atoms with E-state index in [2.05, 4.69) is 9.97 Å². The molecule has 0 radical (unpaired) electrons. The molecule has 1 N–H and O–H groups in total. The van der Waals surface area contributed by atoms with Crippen LogP contribution in [-0.4, -0.2) is 21.0 Å². The predicted octanol–water partition coefficient (Wildman–Crippen LogP) is 3.61. The topological polar surface area (TPSA) is 63.1 Å². The van der Waals surface area contributed by atoms with Crippen LogP contribution >= 0.6 is 11.3 Å². The molecule has 5 heteroatoms. The summed E-state index contributed by atoms with van der Waals surface area (Å²) in [5, 5.41) is 10.4. The molecule has 0 spiro atoms. The number of nitrogens with zero attached hydrogens (tertiary/aromatic N) is 2. The van der Waals surface area contributed by atoms with E-state index in [0.717, 1.165) is 41.7 Å². The van der Waals surface area contributed by atoms with Crippen molar-refractivity contribution in [3.8, 4) is 0 Å². The summed E-state index contributed by atoms with van der Waals surface area (Å²) in [4.78, 5) is 22.9. The number of fused-ring (bicyclic) bond motifs is 3. The third kappa shape index (κ3) is 2.24. The van der Waals surface area contributed by atoms with Gasteiger partial charge >= 0.3 is 5.97 Å². The van der Waals surface area contributed by atoms with Gasteiger partial charge in [-0.1, -0.05) is 19.3 Å². The lowest BCUT2D eigenvalue weighted by molar-refractivity contribution is 0.0692. The molecular weight excluding hydrogens is 284 g/mol. The number of aromatic nitrogens is 2. The monoisotopic (exact) mass is 302 g/mol. The Morgan fingerprint density at radius 2 is 2.00 bits per heavy atom. The Morgan fingerprint density at radius 3 is 2.71 bits per heavy atom. The highest BCUT2D eigenvalue weighted by Crippen LogP contribution is 2.37. The van der Waals surface area contributed by atoms with Gasteiger partial charge in [-0.3, -0.25) is 0 Å². The number of aryl methyl sites for hydroxylation is 2. The molecule has 4 rings (SSSR count). The Labute approximate surface area is 127 Å². The highest BCUT2D eigenvalue weighted by Gasteiger charge is 2.25. The first kappa shape index (κ1) is 13.2. The molecule has 0 bridgehead atoms. The Bertz CT molecular complexity index is 719. The van der Waals surface area contributed by atoms with Crippen molar-refractivity contribution in [3.05, 3.63) is 22.0 Å². The summed E-state index contributed by atoms with van der Waals surface area (Å²) >= 11 is 1.68. The van der Waals surface area contributed by atoms with Crippen LogP contribution in [0.3, 0.4) is 0 Å². The van der Waals surface area contributed by atoms with Crippen molar-refractivity contribution in [3.63, 3.8) is 0 Å². The van der Waals surface area contributed by atoms with E-state index in [1.807, 2.05) is 0 Å². The van der Waals surface area contributed by atoms with Gasteiger partial charge in [0.05, 0.1) is 0 Å². The second-order valence-corrected chi connectivity index (χ2v) is 7.27. The van der Waals surface area contributed by atoms with Crippen LogP contribution in [0.4, 0.5) is 0 Å². The van der Waals surface area contributed by atoms with Crippen molar-refractivity contribution in [2.75, 3.05) is 0 Å². The summed E-state index contributed by atoms with van der Waals surface area (Å²) in [6.07, 6.45) is 8.95. The van der Waals surface area contributed by atoms with Crippen LogP contribution in [0.15, 0.2) is 0 Å². The summed E-state index contributed by atoms with van der Waals surface area (Å²) < 4.78 is 0. The van der Waals surface area contributed by atoms with Crippen LogP contribution in [0.5, 0.6) is 0 Å². The van der Waals surface area contributed by atoms with Crippen molar-refractivity contribution in [2.45, 2.75) is 51.4 Å². The summed E-state index contributed by atoms with van der Waals surface area (Å²) in [6, 6.07) is 0. The van der Waals surface area contributed by atoms with E-state index >= 15 is 0 Å². The standard InChI is InChI=1S/C16H18N2O2S/c19-16(20)14-13-10-6-1-2-7-11(10)21-15(13)18-12(17-14)8-9-4-3-5-9/h9H,1-8H2,(H,19,20). The van der Waals surface area contributed by atoms with E-state index in [4.69, 9.17) is 0 Å². The molecule has 0 atom stereocenters. The number of hydrogen-bond donors (Lipinski definition) is 1. The average molecular weight is 302 g/mol. The Morgan fingerprint density at radius 1 is 1.19 bits per heavy atom. The molecular formula is C16H18N2O2S. The van der Waals surface area contributed by atoms with Crippen molar-refractivity contribution in [1.29, 1.82) is 0 Å². The third-order valence-corrected chi connectivity index (χ3v) is 5.95. The van der Waals surface area contributed by atoms with Gasteiger partial charge in [0.1, 0.15) is 10.7 Å². The zero-order valence-electron chi connectivity index (χ0n) is 11.9. The molecule has 1 fully saturated rings. The molecule has 2 heterocycles. The Balaban J connectivity index is 1.85. The number of aromatic carboxylic acids is 1. The van der Waals surface area contributed by atoms with Crippen LogP contribution in [0, 0.1) is 5.92 Å². The molecule has 0 aromatic carbocycles. The molecule has 0 unspecified atom stereocenters. The van der Waals surface area contributed by atoms with Crippen LogP contribution < -0.4 is 0 Å². The summed E-state index contributed by atoms with van der Waals surface area (Å²) in [6.45, 7) is 0. The number of carboxylic acids is 1. The SMILES string of the molecule is O=C(O)c1nc(CC2CCC2)nc2sc3c(c12)CCCC3. The predicted molar refractivity (Wildman–Crippen MR) is 82.1 cm³/mol. The molecule has 1 saturated carbocycles. The van der Waals surface area contributed by atoms with Gasteiger partial charge in [-0.25, -0.2) is 14.8 Å². The molecule has 2 aromatic rings. The molecule has 0 saturated heterocycles. The zero-order chi connectivity index (χ0) is 14.4. The van der Waals surface area contributed by atoms with Gasteiger partial charge in [-0.2, -0.15) is 0 Å². The van der Waals surface area contributed by atoms with Crippen molar-refractivity contribution in [2.24, 2.45) is 5.92 Å². The highest BCUT2D eigenvalue weighted by molar-refractivity contribution is 7.18. The number of hydrogen-bond acceptors (Lipinski definition) is 4. The van der Waals surface area contributed by atoms with Crippen LogP contribution in [-0.2, 0) is 19.3 Å². The number of carbonyl (C=O) groups is 1. The summed E-state index contributed by atoms with van der Waals surface area (Å²) in [7, 11) is 0. The van der Waals surface area contributed by atoms with Crippen LogP contribution in [0.2, 0.25) is 0 Å². The molecule has 0 aliphatic heterocycles. The fourth-order valence-electron chi connectivity index (χ4n) is 3.40. The lowest BCUT2D eigenvalue weighted by atomic mass is 9.83. The Kier molecular flexibility index (Phi) is 3.17. The van der Waals surface area contributed by atoms with Crippen molar-refractivity contribution < 1.29 is 9.90 Å². The minimum absolute atomic E-state index is 0.230. The average Bonchev–Trinajstić information content (AvgIpc) is 2.80. The lowest BCUT2D eigenvalue weighted by Gasteiger charge is -2.24. The zero-order valence-corrected chi connectivity index (χ0v) is 12.7. The van der Waals surface area contributed by atoms with Gasteiger partial charge in [0.15, 0.2) is 5.69 Å². The fraction of sp³-hybridized carbons (Fsp3) is 0.562. The van der Waals surface area contributed by atoms with Gasteiger partial charge in [0.2, 0.25) is 0 Å². The fourth-order valence-corrected chi connectivity index (χ4v) is 4.68. The number of thiophene rings is 1. The summed E-state index contributed by atoms with van der Waals surface area (Å²) in [5.41, 5.74) is 1.43. The highest BCUT2D eigenvalue weighted by atomic mass is 32.1. The molecule has 2 aromatic heterocycles. The maximum absolute atomic E-state index is 11.6. The van der Waals surface area contributed by atoms with Crippen LogP contribution in [0.25, 0.3) is 10.2 Å². The first-order chi connectivity index (χ1) is 10.2. The number of rotatable bonds is 3. The largest absolute Gasteiger partial charge is 0.476 e. The minimum atomic E-state index is -0.913. The van der Waals surface area contributed by atoms with E-state index < -0.39 is 5.97 Å². The van der Waals surface area contributed by atoms with Crippen molar-refractivity contribution >= 4 is 27.5 Å². The van der Waals surface area contributed by atoms with Gasteiger partial charge in [-0.15, -0.1) is 11.3 Å². The Hall–Kier alpha value is -1.49. The summed E-state index contributed by atoms with van der Waals surface area (Å²) in [5.74, 6) is 0.463. The quantitative estimate of drug-likeness (QED) is 0.940. The van der Waals surface area contributed by atoms with Crippen LogP contribution in [0.1, 0.15) is 58.9 Å². The lowest BCUT2D eigenvalue weighted by Crippen LogP contribution is -2.17. The van der Waals surface area contributed by atoms with E-state index in [1.54, 1.807) is 11.3 Å². The molecule has 4 nitrogen and oxygen atoms in total. The second kappa shape index (κ2) is 5.05. The molecule has 0 amide bonds. The van der Waals surface area contributed by atoms with Gasteiger partial charge in [0, 0.05) is 16.7 Å². The van der Waals surface area contributed by atoms with E-state index in [9.17, 15) is 9.90 Å².